The molecule has 1 unspecified atom stereocenters. The fourth-order valence-electron chi connectivity index (χ4n) is 2.03. The first-order valence-electron chi connectivity index (χ1n) is 6.88. The molecular formula is C15H19N3OS. The van der Waals surface area contributed by atoms with Gasteiger partial charge < -0.3 is 9.12 Å². The van der Waals surface area contributed by atoms with Crippen molar-refractivity contribution in [1.82, 2.24) is 9.55 Å². The van der Waals surface area contributed by atoms with Gasteiger partial charge in [0.2, 0.25) is 0 Å². The van der Waals surface area contributed by atoms with Crippen molar-refractivity contribution in [2.24, 2.45) is 4.40 Å². The topological polar surface area (TPSA) is 53.2 Å². The molecule has 20 heavy (non-hydrogen) atoms. The van der Waals surface area contributed by atoms with Gasteiger partial charge in [0.05, 0.1) is 23.6 Å². The van der Waals surface area contributed by atoms with Crippen LogP contribution in [0.15, 0.2) is 28.9 Å². The Labute approximate surface area is 122 Å². The van der Waals surface area contributed by atoms with Crippen LogP contribution < -0.4 is 0 Å². The second-order valence-corrected chi connectivity index (χ2v) is 8.16. The van der Waals surface area contributed by atoms with Crippen LogP contribution in [0.1, 0.15) is 45.2 Å². The number of hydrogen-bond acceptors (Lipinski definition) is 3. The monoisotopic (exact) mass is 289 g/mol. The van der Waals surface area contributed by atoms with Crippen molar-refractivity contribution in [2.75, 3.05) is 0 Å². The van der Waals surface area contributed by atoms with Gasteiger partial charge in [0.25, 0.3) is 0 Å². The lowest BCUT2D eigenvalue weighted by Gasteiger charge is -2.17. The average Bonchev–Trinajstić information content (AvgIpc) is 3.15. The minimum Gasteiger partial charge on any atom is -0.591 e. The molecule has 1 atom stereocenters. The van der Waals surface area contributed by atoms with Crippen LogP contribution in [-0.2, 0) is 11.4 Å². The van der Waals surface area contributed by atoms with Crippen LogP contribution in [0.3, 0.4) is 0 Å². The van der Waals surface area contributed by atoms with Crippen molar-refractivity contribution in [3.05, 3.63) is 30.1 Å². The van der Waals surface area contributed by atoms with Crippen molar-refractivity contribution in [1.29, 1.82) is 0 Å². The third-order valence-corrected chi connectivity index (χ3v) is 4.71. The van der Waals surface area contributed by atoms with Crippen LogP contribution in [0.5, 0.6) is 0 Å². The molecular weight excluding hydrogens is 270 g/mol. The van der Waals surface area contributed by atoms with Gasteiger partial charge in [-0.15, -0.1) is 0 Å². The molecule has 106 valence electrons. The predicted octanol–water partition coefficient (Wildman–Crippen LogP) is 3.25. The first-order valence-corrected chi connectivity index (χ1v) is 7.98. The highest BCUT2D eigenvalue weighted by molar-refractivity contribution is 7.91. The van der Waals surface area contributed by atoms with Crippen LogP contribution in [0.2, 0.25) is 0 Å². The second-order valence-electron chi connectivity index (χ2n) is 6.23. The summed E-state index contributed by atoms with van der Waals surface area (Å²) >= 11 is -1.22. The Morgan fingerprint density at radius 2 is 2.15 bits per heavy atom. The molecule has 0 bridgehead atoms. The zero-order valence-corrected chi connectivity index (χ0v) is 12.9. The van der Waals surface area contributed by atoms with Gasteiger partial charge in [0, 0.05) is 6.04 Å². The highest BCUT2D eigenvalue weighted by atomic mass is 32.2. The highest BCUT2D eigenvalue weighted by Crippen LogP contribution is 2.37. The van der Waals surface area contributed by atoms with Crippen LogP contribution in [-0.4, -0.2) is 25.1 Å². The molecule has 0 amide bonds. The lowest BCUT2D eigenvalue weighted by Crippen LogP contribution is -2.25. The second kappa shape index (κ2) is 4.90. The SMILES string of the molecule is CC(C)(C)[S+]([O-])/N=C/c1ccc2ncn(C3CC3)c2c1. The van der Waals surface area contributed by atoms with Crippen LogP contribution >= 0.6 is 0 Å². The number of rotatable bonds is 3. The van der Waals surface area contributed by atoms with Crippen LogP contribution in [0, 0.1) is 0 Å². The Bertz CT molecular complexity index is 653. The normalized spacial score (nSPS) is 18.0. The quantitative estimate of drug-likeness (QED) is 0.643. The molecule has 1 aliphatic rings. The van der Waals surface area contributed by atoms with E-state index in [1.165, 1.54) is 12.8 Å². The number of fused-ring (bicyclic) bond motifs is 1. The van der Waals surface area contributed by atoms with Crippen LogP contribution in [0.4, 0.5) is 0 Å². The Kier molecular flexibility index (Phi) is 3.34. The van der Waals surface area contributed by atoms with Crippen molar-refractivity contribution < 1.29 is 4.55 Å². The summed E-state index contributed by atoms with van der Waals surface area (Å²) in [7, 11) is 0. The van der Waals surface area contributed by atoms with E-state index in [0.717, 1.165) is 16.6 Å². The lowest BCUT2D eigenvalue weighted by molar-refractivity contribution is 0.562. The summed E-state index contributed by atoms with van der Waals surface area (Å²) in [4.78, 5) is 4.41. The molecule has 5 heteroatoms. The summed E-state index contributed by atoms with van der Waals surface area (Å²) in [5, 5.41) is 0. The maximum absolute atomic E-state index is 11.9. The fourth-order valence-corrected chi connectivity index (χ4v) is 2.57. The summed E-state index contributed by atoms with van der Waals surface area (Å²) in [5.74, 6) is 0. The van der Waals surface area contributed by atoms with Gasteiger partial charge >= 0.3 is 0 Å². The number of nitrogens with zero attached hydrogens (tertiary/aromatic N) is 3. The summed E-state index contributed by atoms with van der Waals surface area (Å²) in [6.07, 6.45) is 6.08. The molecule has 4 nitrogen and oxygen atoms in total. The molecule has 0 radical (unpaired) electrons. The molecule has 1 saturated carbocycles. The summed E-state index contributed by atoms with van der Waals surface area (Å²) in [6, 6.07) is 6.64. The number of imidazole rings is 1. The molecule has 1 heterocycles. The number of hydrogen-bond donors (Lipinski definition) is 0. The van der Waals surface area contributed by atoms with E-state index in [1.54, 1.807) is 6.21 Å². The lowest BCUT2D eigenvalue weighted by atomic mass is 10.2. The number of benzene rings is 1. The summed E-state index contributed by atoms with van der Waals surface area (Å²) in [5.41, 5.74) is 3.11. The molecule has 1 aliphatic carbocycles. The van der Waals surface area contributed by atoms with Crippen molar-refractivity contribution >= 4 is 28.6 Å². The van der Waals surface area contributed by atoms with E-state index in [9.17, 15) is 4.55 Å². The maximum Gasteiger partial charge on any atom is 0.144 e. The van der Waals surface area contributed by atoms with Gasteiger partial charge in [-0.2, -0.15) is 0 Å². The minimum absolute atomic E-state index is 0.323. The molecule has 0 N–H and O–H groups in total. The Morgan fingerprint density at radius 1 is 1.40 bits per heavy atom. The Morgan fingerprint density at radius 3 is 2.80 bits per heavy atom. The van der Waals surface area contributed by atoms with E-state index in [4.69, 9.17) is 0 Å². The first kappa shape index (κ1) is 13.6. The van der Waals surface area contributed by atoms with Crippen molar-refractivity contribution in [3.63, 3.8) is 0 Å². The smallest absolute Gasteiger partial charge is 0.144 e. The van der Waals surface area contributed by atoms with Crippen molar-refractivity contribution in [2.45, 2.75) is 44.4 Å². The summed E-state index contributed by atoms with van der Waals surface area (Å²) < 4.78 is 18.0. The third-order valence-electron chi connectivity index (χ3n) is 3.36. The highest BCUT2D eigenvalue weighted by Gasteiger charge is 2.26. The Balaban J connectivity index is 1.88. The van der Waals surface area contributed by atoms with E-state index in [1.807, 2.05) is 39.2 Å². The molecule has 0 spiro atoms. The number of aromatic nitrogens is 2. The van der Waals surface area contributed by atoms with E-state index in [0.29, 0.717) is 6.04 Å². The van der Waals surface area contributed by atoms with E-state index in [2.05, 4.69) is 20.0 Å². The summed E-state index contributed by atoms with van der Waals surface area (Å²) in [6.45, 7) is 5.77. The van der Waals surface area contributed by atoms with Crippen molar-refractivity contribution in [3.8, 4) is 0 Å². The molecule has 0 saturated heterocycles. The predicted molar refractivity (Wildman–Crippen MR) is 83.5 cm³/mol. The van der Waals surface area contributed by atoms with E-state index < -0.39 is 11.4 Å². The zero-order valence-electron chi connectivity index (χ0n) is 12.0. The average molecular weight is 289 g/mol. The first-order chi connectivity index (χ1) is 9.45. The largest absolute Gasteiger partial charge is 0.591 e. The molecule has 3 rings (SSSR count). The molecule has 1 fully saturated rings. The van der Waals surface area contributed by atoms with Gasteiger partial charge in [0.15, 0.2) is 0 Å². The molecule has 0 aliphatic heterocycles. The van der Waals surface area contributed by atoms with E-state index >= 15 is 0 Å². The van der Waals surface area contributed by atoms with Gasteiger partial charge in [0.1, 0.15) is 16.1 Å². The van der Waals surface area contributed by atoms with Gasteiger partial charge in [-0.1, -0.05) is 10.5 Å². The molecule has 1 aromatic carbocycles. The standard InChI is InChI=1S/C15H19N3OS/c1-15(2,3)20(19)17-9-11-4-7-13-14(8-11)18(10-16-13)12-5-6-12/h4,7-10,12H,5-6H2,1-3H3/b17-9+. The fraction of sp³-hybridized carbons (Fsp3) is 0.467. The van der Waals surface area contributed by atoms with Gasteiger partial charge in [-0.25, -0.2) is 4.98 Å². The zero-order chi connectivity index (χ0) is 14.3. The Hall–Kier alpha value is -1.33. The maximum atomic E-state index is 11.9. The van der Waals surface area contributed by atoms with Gasteiger partial charge in [-0.05, 0) is 51.3 Å². The van der Waals surface area contributed by atoms with Crippen LogP contribution in [0.25, 0.3) is 11.0 Å². The minimum atomic E-state index is -1.22. The van der Waals surface area contributed by atoms with Gasteiger partial charge in [-0.3, -0.25) is 0 Å². The molecule has 1 aromatic heterocycles. The third kappa shape index (κ3) is 2.74. The van der Waals surface area contributed by atoms with E-state index in [-0.39, 0.29) is 4.75 Å². The molecule has 2 aromatic rings.